The van der Waals surface area contributed by atoms with E-state index in [0.717, 1.165) is 33.4 Å². The maximum Gasteiger partial charge on any atom is 0.161 e. The van der Waals surface area contributed by atoms with E-state index in [4.69, 9.17) is 58.0 Å². The normalized spacial score (nSPS) is 12.1. The quantitative estimate of drug-likeness (QED) is 0.112. The van der Waals surface area contributed by atoms with Gasteiger partial charge in [-0.1, -0.05) is 0 Å². The van der Waals surface area contributed by atoms with Gasteiger partial charge in [0.2, 0.25) is 0 Å². The fourth-order valence-electron chi connectivity index (χ4n) is 5.48. The summed E-state index contributed by atoms with van der Waals surface area (Å²) in [7, 11) is 4.85. The van der Waals surface area contributed by atoms with Crippen molar-refractivity contribution in [2.24, 2.45) is 0 Å². The van der Waals surface area contributed by atoms with E-state index >= 15 is 0 Å². The number of hydrogen-bond acceptors (Lipinski definition) is 12. The monoisotopic (exact) mass is 672 g/mol. The molecule has 0 bridgehead atoms. The zero-order valence-electron chi connectivity index (χ0n) is 28.1. The third-order valence-electron chi connectivity index (χ3n) is 7.76. The van der Waals surface area contributed by atoms with Crippen LogP contribution in [0.2, 0.25) is 0 Å². The van der Waals surface area contributed by atoms with Crippen LogP contribution in [0.25, 0.3) is 0 Å². The predicted molar refractivity (Wildman–Crippen MR) is 178 cm³/mol. The van der Waals surface area contributed by atoms with Crippen molar-refractivity contribution in [2.45, 2.75) is 19.3 Å². The van der Waals surface area contributed by atoms with Gasteiger partial charge in [-0.2, -0.15) is 0 Å². The lowest BCUT2D eigenvalue weighted by molar-refractivity contribution is 0.0698. The molecule has 12 nitrogen and oxygen atoms in total. The molecule has 4 rings (SSSR count). The first-order valence-corrected chi connectivity index (χ1v) is 16.1. The maximum atomic E-state index is 9.02. The Kier molecular flexibility index (Phi) is 15.4. The summed E-state index contributed by atoms with van der Waals surface area (Å²) in [5.41, 5.74) is 6.35. The average molecular weight is 673 g/mol. The van der Waals surface area contributed by atoms with Crippen molar-refractivity contribution >= 4 is 0 Å². The van der Waals surface area contributed by atoms with Gasteiger partial charge in [-0.25, -0.2) is 0 Å². The van der Waals surface area contributed by atoms with Crippen LogP contribution in [0.4, 0.5) is 0 Å². The number of fused-ring (bicyclic) bond motifs is 3. The fourth-order valence-corrected chi connectivity index (χ4v) is 5.48. The molecule has 0 aliphatic heterocycles. The molecule has 3 aromatic rings. The molecular weight excluding hydrogens is 624 g/mol. The number of aliphatic hydroxyl groups is 3. The molecule has 0 radical (unpaired) electrons. The van der Waals surface area contributed by atoms with Crippen molar-refractivity contribution < 1.29 is 58.0 Å². The molecular formula is C36H48O12. The van der Waals surface area contributed by atoms with Gasteiger partial charge in [-0.15, -0.1) is 0 Å². The molecule has 0 saturated heterocycles. The van der Waals surface area contributed by atoms with Gasteiger partial charge in [0, 0.05) is 0 Å². The van der Waals surface area contributed by atoms with E-state index in [0.29, 0.717) is 93.4 Å². The third-order valence-corrected chi connectivity index (χ3v) is 7.76. The minimum absolute atomic E-state index is 0.0487. The van der Waals surface area contributed by atoms with E-state index < -0.39 is 0 Å². The zero-order chi connectivity index (χ0) is 34.1. The summed E-state index contributed by atoms with van der Waals surface area (Å²) in [5, 5.41) is 27.1. The molecule has 264 valence electrons. The van der Waals surface area contributed by atoms with Crippen LogP contribution in [0.3, 0.4) is 0 Å². The Morgan fingerprint density at radius 1 is 0.375 bits per heavy atom. The Balaban J connectivity index is 1.77. The lowest BCUT2D eigenvalue weighted by Crippen LogP contribution is -2.11. The topological polar surface area (TPSA) is 144 Å². The molecule has 0 aromatic heterocycles. The number of rotatable bonds is 21. The van der Waals surface area contributed by atoms with E-state index in [9.17, 15) is 0 Å². The van der Waals surface area contributed by atoms with Gasteiger partial charge in [0.05, 0.1) is 80.8 Å². The maximum absolute atomic E-state index is 9.02. The molecule has 3 aromatic carbocycles. The van der Waals surface area contributed by atoms with Crippen molar-refractivity contribution in [2.75, 3.05) is 101 Å². The average Bonchev–Trinajstić information content (AvgIpc) is 3.15. The van der Waals surface area contributed by atoms with E-state index in [1.165, 1.54) is 0 Å². The summed E-state index contributed by atoms with van der Waals surface area (Å²) in [5.74, 6) is 3.61. The van der Waals surface area contributed by atoms with Crippen LogP contribution < -0.4 is 28.4 Å². The Labute approximate surface area is 282 Å². The standard InChI is InChI=1S/C36H48O12/c1-40-31-19-25-16-29-23-35(47-14-11-44-8-5-38)33(42-3)21-27(29)18-30-24-36(48-15-12-45-9-6-39)32(41-2)20-26(30)17-28(25)22-34(31)46-13-10-43-7-4-37/h19-24,37-39H,4-18H2,1-3H3. The van der Waals surface area contributed by atoms with Gasteiger partial charge in [-0.05, 0) is 89.0 Å². The van der Waals surface area contributed by atoms with E-state index in [2.05, 4.69) is 0 Å². The minimum atomic E-state index is -0.0487. The highest BCUT2D eigenvalue weighted by Gasteiger charge is 2.22. The second-order valence-corrected chi connectivity index (χ2v) is 10.9. The molecule has 3 N–H and O–H groups in total. The molecule has 0 spiro atoms. The van der Waals surface area contributed by atoms with Gasteiger partial charge in [0.25, 0.3) is 0 Å². The molecule has 0 heterocycles. The first-order chi connectivity index (χ1) is 23.5. The molecule has 1 aliphatic carbocycles. The number of benzene rings is 3. The molecule has 0 fully saturated rings. The van der Waals surface area contributed by atoms with Crippen LogP contribution in [0.1, 0.15) is 33.4 Å². The fraction of sp³-hybridized carbons (Fsp3) is 0.500. The summed E-state index contributed by atoms with van der Waals surface area (Å²) < 4.78 is 51.7. The number of methoxy groups -OCH3 is 3. The lowest BCUT2D eigenvalue weighted by atomic mass is 9.94. The first-order valence-electron chi connectivity index (χ1n) is 16.1. The van der Waals surface area contributed by atoms with Gasteiger partial charge < -0.3 is 58.0 Å². The van der Waals surface area contributed by atoms with Crippen LogP contribution in [0.5, 0.6) is 34.5 Å². The minimum Gasteiger partial charge on any atom is -0.493 e. The largest absolute Gasteiger partial charge is 0.493 e. The van der Waals surface area contributed by atoms with Crippen LogP contribution in [-0.2, 0) is 33.5 Å². The van der Waals surface area contributed by atoms with Gasteiger partial charge in [0.15, 0.2) is 34.5 Å². The van der Waals surface area contributed by atoms with Gasteiger partial charge in [0.1, 0.15) is 19.8 Å². The number of hydrogen-bond donors (Lipinski definition) is 3. The van der Waals surface area contributed by atoms with Crippen molar-refractivity contribution in [1.82, 2.24) is 0 Å². The SMILES string of the molecule is COc1cc2c(cc1OCCOCCO)Cc1cc(OC)c(OCCOCCO)cc1Cc1cc(OC)c(OCCOCCO)cc1C2. The third kappa shape index (κ3) is 10.4. The molecule has 0 unspecified atom stereocenters. The predicted octanol–water partition coefficient (Wildman–Crippen LogP) is 2.96. The Bertz CT molecular complexity index is 1260. The smallest absolute Gasteiger partial charge is 0.161 e. The first kappa shape index (κ1) is 37.0. The summed E-state index contributed by atoms with van der Waals surface area (Å²) >= 11 is 0. The van der Waals surface area contributed by atoms with Crippen LogP contribution in [-0.4, -0.2) is 116 Å². The molecule has 1 aliphatic rings. The summed E-state index contributed by atoms with van der Waals surface area (Å²) in [6.45, 7) is 2.48. The summed E-state index contributed by atoms with van der Waals surface area (Å²) in [6.07, 6.45) is 1.79. The molecule has 0 saturated carbocycles. The highest BCUT2D eigenvalue weighted by Crippen LogP contribution is 2.41. The molecule has 0 atom stereocenters. The van der Waals surface area contributed by atoms with Crippen molar-refractivity contribution in [3.05, 3.63) is 69.8 Å². The van der Waals surface area contributed by atoms with Crippen LogP contribution >= 0.6 is 0 Å². The van der Waals surface area contributed by atoms with Crippen molar-refractivity contribution in [1.29, 1.82) is 0 Å². The summed E-state index contributed by atoms with van der Waals surface area (Å²) in [4.78, 5) is 0. The molecule has 48 heavy (non-hydrogen) atoms. The molecule has 12 heteroatoms. The van der Waals surface area contributed by atoms with Crippen molar-refractivity contribution in [3.63, 3.8) is 0 Å². The van der Waals surface area contributed by atoms with Crippen LogP contribution in [0, 0.1) is 0 Å². The second kappa shape index (κ2) is 19.9. The second-order valence-electron chi connectivity index (χ2n) is 10.9. The van der Waals surface area contributed by atoms with E-state index in [-0.39, 0.29) is 39.6 Å². The van der Waals surface area contributed by atoms with Gasteiger partial charge >= 0.3 is 0 Å². The summed E-state index contributed by atoms with van der Waals surface area (Å²) in [6, 6.07) is 12.1. The number of ether oxygens (including phenoxy) is 9. The van der Waals surface area contributed by atoms with Gasteiger partial charge in [-0.3, -0.25) is 0 Å². The Hall–Kier alpha value is -3.78. The highest BCUT2D eigenvalue weighted by atomic mass is 16.6. The zero-order valence-corrected chi connectivity index (χ0v) is 28.1. The lowest BCUT2D eigenvalue weighted by Gasteiger charge is -2.18. The van der Waals surface area contributed by atoms with E-state index in [1.807, 2.05) is 36.4 Å². The molecule has 0 amide bonds. The highest BCUT2D eigenvalue weighted by molar-refractivity contribution is 5.58. The number of aliphatic hydroxyl groups excluding tert-OH is 3. The Morgan fingerprint density at radius 3 is 0.854 bits per heavy atom. The van der Waals surface area contributed by atoms with Crippen molar-refractivity contribution in [3.8, 4) is 34.5 Å². The van der Waals surface area contributed by atoms with E-state index in [1.54, 1.807) is 21.3 Å². The Morgan fingerprint density at radius 2 is 0.625 bits per heavy atom. The van der Waals surface area contributed by atoms with Crippen LogP contribution in [0.15, 0.2) is 36.4 Å².